The Morgan fingerprint density at radius 3 is 0.909 bits per heavy atom. The molecule has 3 rings (SSSR count). The molecule has 3 fully saturated rings. The molecule has 0 aromatic carbocycles. The van der Waals surface area contributed by atoms with E-state index in [-0.39, 0.29) is 18.9 Å². The molecule has 0 radical (unpaired) electrons. The molecule has 648 valence electrons. The van der Waals surface area contributed by atoms with Crippen molar-refractivity contribution in [2.24, 2.45) is 0 Å². The Balaban J connectivity index is 1.32. The second-order valence-electron chi connectivity index (χ2n) is 33.1. The Labute approximate surface area is 670 Å². The molecule has 19 heteroatoms. The minimum absolute atomic E-state index is 0.237. The molecule has 12 N–H and O–H groups in total. The average molecular weight is 1570 g/mol. The largest absolute Gasteiger partial charge is 0.394 e. The molecule has 0 spiro atoms. The number of hydrogen-bond donors (Lipinski definition) is 12. The van der Waals surface area contributed by atoms with Crippen LogP contribution >= 0.6 is 0 Å². The normalized spacial score (nSPS) is 25.3. The predicted molar refractivity (Wildman–Crippen MR) is 443 cm³/mol. The molecule has 0 aromatic rings. The third-order valence-electron chi connectivity index (χ3n) is 23.2. The molecule has 110 heavy (non-hydrogen) atoms. The highest BCUT2D eigenvalue weighted by Crippen LogP contribution is 2.34. The van der Waals surface area contributed by atoms with Crippen molar-refractivity contribution in [2.75, 3.05) is 26.4 Å². The first-order chi connectivity index (χ1) is 53.8. The first-order valence-corrected chi connectivity index (χ1v) is 46.2. The third kappa shape index (κ3) is 49.3. The van der Waals surface area contributed by atoms with Gasteiger partial charge in [-0.15, -0.1) is 0 Å². The summed E-state index contributed by atoms with van der Waals surface area (Å²) < 4.78 is 34.5. The van der Waals surface area contributed by atoms with Crippen LogP contribution in [0.4, 0.5) is 0 Å². The summed E-state index contributed by atoms with van der Waals surface area (Å²) in [5, 5.41) is 121. The van der Waals surface area contributed by atoms with Crippen molar-refractivity contribution in [3.05, 3.63) is 36.5 Å². The van der Waals surface area contributed by atoms with Crippen LogP contribution in [0.15, 0.2) is 36.5 Å². The van der Waals surface area contributed by atoms with Gasteiger partial charge in [0.15, 0.2) is 18.9 Å². The van der Waals surface area contributed by atoms with Crippen LogP contribution in [0.25, 0.3) is 0 Å². The molecule has 3 aliphatic heterocycles. The second-order valence-corrected chi connectivity index (χ2v) is 33.1. The van der Waals surface area contributed by atoms with Crippen LogP contribution < -0.4 is 5.32 Å². The number of aliphatic hydroxyl groups excluding tert-OH is 11. The topological polar surface area (TPSA) is 307 Å². The molecule has 17 atom stereocenters. The number of carbonyl (C=O) groups is 1. The van der Waals surface area contributed by atoms with Crippen molar-refractivity contribution < 1.29 is 89.4 Å². The fourth-order valence-electron chi connectivity index (χ4n) is 15.8. The van der Waals surface area contributed by atoms with E-state index in [0.717, 1.165) is 44.9 Å². The number of unbranched alkanes of at least 4 members (excludes halogenated alkanes) is 56. The number of allylic oxidation sites excluding steroid dienone is 5. The quantitative estimate of drug-likeness (QED) is 0.0199. The van der Waals surface area contributed by atoms with E-state index in [1.807, 2.05) is 6.08 Å². The van der Waals surface area contributed by atoms with E-state index in [4.69, 9.17) is 28.4 Å². The SMILES string of the molecule is CCCCCCCCCCCCCCCCCCCCC/C=C/CC/C=C/CC/C=C/C(O)C(COC1OC(CO)C(OC2OC(CO)C(OC3OC(CO)C(O)C(O)C3O)C(O)C2O)C(O)C1O)NC(=O)CCCCCCCCCCCCCCCCCCCCCCCCCCCCCCCCCCCCCC. The Morgan fingerprint density at radius 1 is 0.318 bits per heavy atom. The number of hydrogen-bond acceptors (Lipinski definition) is 18. The zero-order chi connectivity index (χ0) is 79.5. The monoisotopic (exact) mass is 1570 g/mol. The lowest BCUT2D eigenvalue weighted by Gasteiger charge is -2.48. The number of nitrogens with one attached hydrogen (secondary N) is 1. The highest BCUT2D eigenvalue weighted by molar-refractivity contribution is 5.76. The average Bonchev–Trinajstić information content (AvgIpc) is 0.779. The lowest BCUT2D eigenvalue weighted by atomic mass is 9.96. The Bertz CT molecular complexity index is 2120. The Morgan fingerprint density at radius 2 is 0.582 bits per heavy atom. The number of amides is 1. The van der Waals surface area contributed by atoms with E-state index in [0.29, 0.717) is 12.8 Å². The second kappa shape index (κ2) is 71.1. The fourth-order valence-corrected chi connectivity index (χ4v) is 15.8. The fraction of sp³-hybridized carbons (Fsp3) is 0.923. The number of ether oxygens (including phenoxy) is 6. The van der Waals surface area contributed by atoms with Gasteiger partial charge in [0, 0.05) is 6.42 Å². The highest BCUT2D eigenvalue weighted by atomic mass is 16.8. The summed E-state index contributed by atoms with van der Waals surface area (Å²) in [5.74, 6) is -0.281. The molecule has 0 aliphatic carbocycles. The first-order valence-electron chi connectivity index (χ1n) is 46.2. The predicted octanol–water partition coefficient (Wildman–Crippen LogP) is 17.8. The number of aliphatic hydroxyl groups is 11. The maximum absolute atomic E-state index is 13.5. The maximum Gasteiger partial charge on any atom is 0.220 e. The summed E-state index contributed by atoms with van der Waals surface area (Å²) in [6.45, 7) is 1.79. The van der Waals surface area contributed by atoms with Crippen LogP contribution in [0.3, 0.4) is 0 Å². The van der Waals surface area contributed by atoms with Crippen molar-refractivity contribution in [1.29, 1.82) is 0 Å². The summed E-state index contributed by atoms with van der Waals surface area (Å²) in [5.41, 5.74) is 0. The van der Waals surface area contributed by atoms with E-state index >= 15 is 0 Å². The molecular weight excluding hydrogens is 1390 g/mol. The molecule has 0 bridgehead atoms. The zero-order valence-corrected chi connectivity index (χ0v) is 70.0. The number of rotatable bonds is 76. The summed E-state index contributed by atoms with van der Waals surface area (Å²) in [6, 6.07) is -0.997. The highest BCUT2D eigenvalue weighted by Gasteiger charge is 2.54. The van der Waals surface area contributed by atoms with Gasteiger partial charge < -0.3 is 89.9 Å². The molecule has 17 unspecified atom stereocenters. The van der Waals surface area contributed by atoms with Gasteiger partial charge in [0.05, 0.1) is 38.6 Å². The molecule has 0 saturated carbocycles. The smallest absolute Gasteiger partial charge is 0.220 e. The first kappa shape index (κ1) is 102. The van der Waals surface area contributed by atoms with Crippen LogP contribution in [0.1, 0.15) is 406 Å². The van der Waals surface area contributed by atoms with E-state index in [9.17, 15) is 61.0 Å². The number of carbonyl (C=O) groups excluding carboxylic acids is 1. The Kier molecular flexibility index (Phi) is 66.1. The molecule has 1 amide bonds. The summed E-state index contributed by atoms with van der Waals surface area (Å²) >= 11 is 0. The van der Waals surface area contributed by atoms with Crippen LogP contribution in [0.2, 0.25) is 0 Å². The summed E-state index contributed by atoms with van der Waals surface area (Å²) in [6.07, 6.45) is 64.7. The molecule has 3 heterocycles. The van der Waals surface area contributed by atoms with Gasteiger partial charge >= 0.3 is 0 Å². The van der Waals surface area contributed by atoms with Gasteiger partial charge in [0.1, 0.15) is 73.2 Å². The van der Waals surface area contributed by atoms with Crippen molar-refractivity contribution >= 4 is 5.91 Å². The van der Waals surface area contributed by atoms with Crippen LogP contribution in [0, 0.1) is 0 Å². The molecule has 19 nitrogen and oxygen atoms in total. The minimum Gasteiger partial charge on any atom is -0.394 e. The molecule has 3 aliphatic rings. The minimum atomic E-state index is -1.98. The molecule has 3 saturated heterocycles. The van der Waals surface area contributed by atoms with Crippen molar-refractivity contribution in [3.63, 3.8) is 0 Å². The standard InChI is InChI=1S/C91H171NO18/c1-3-5-7-9-11-13-15-17-19-21-23-25-27-29-31-33-34-35-36-37-38-39-41-43-45-47-49-51-53-55-57-59-61-63-65-67-69-79(97)92-74(75(96)68-66-64-62-60-58-56-54-52-50-48-46-44-42-40-32-30-28-26-24-22-20-18-16-14-12-10-8-6-4-2)73-105-89-85(103)82(100)87(77(71-94)107-89)110-91-86(104)83(101)88(78(72-95)108-91)109-90-84(102)81(99)80(98)76(70-93)106-90/h50,52,58,60,66,68,74-78,80-91,93-96,98-104H,3-49,51,53-57,59,61-65,67,69-73H2,1-2H3,(H,92,97)/b52-50+,60-58+,68-66+. The Hall–Kier alpha value is -1.99. The zero-order valence-electron chi connectivity index (χ0n) is 70.0. The summed E-state index contributed by atoms with van der Waals surface area (Å²) in [7, 11) is 0. The van der Waals surface area contributed by atoms with Gasteiger partial charge in [-0.05, 0) is 44.9 Å². The van der Waals surface area contributed by atoms with E-state index in [2.05, 4.69) is 43.5 Å². The van der Waals surface area contributed by atoms with Gasteiger partial charge in [-0.25, -0.2) is 0 Å². The van der Waals surface area contributed by atoms with Crippen molar-refractivity contribution in [2.45, 2.75) is 510 Å². The van der Waals surface area contributed by atoms with E-state index in [1.54, 1.807) is 6.08 Å². The lowest BCUT2D eigenvalue weighted by Crippen LogP contribution is -2.66. The lowest BCUT2D eigenvalue weighted by molar-refractivity contribution is -0.379. The maximum atomic E-state index is 13.5. The molecular formula is C91H171NO18. The van der Waals surface area contributed by atoms with Crippen molar-refractivity contribution in [3.8, 4) is 0 Å². The molecule has 0 aromatic heterocycles. The van der Waals surface area contributed by atoms with Crippen LogP contribution in [-0.4, -0.2) is 193 Å². The van der Waals surface area contributed by atoms with Crippen molar-refractivity contribution in [1.82, 2.24) is 5.32 Å². The summed E-state index contributed by atoms with van der Waals surface area (Å²) in [4.78, 5) is 13.5. The van der Waals surface area contributed by atoms with Gasteiger partial charge in [0.25, 0.3) is 0 Å². The van der Waals surface area contributed by atoms with Gasteiger partial charge in [-0.2, -0.15) is 0 Å². The van der Waals surface area contributed by atoms with Crippen LogP contribution in [-0.2, 0) is 33.2 Å². The van der Waals surface area contributed by atoms with Gasteiger partial charge in [-0.1, -0.05) is 391 Å². The van der Waals surface area contributed by atoms with Gasteiger partial charge in [-0.3, -0.25) is 4.79 Å². The van der Waals surface area contributed by atoms with E-state index < -0.39 is 124 Å². The van der Waals surface area contributed by atoms with E-state index in [1.165, 1.54) is 327 Å². The third-order valence-corrected chi connectivity index (χ3v) is 23.2. The van der Waals surface area contributed by atoms with Crippen LogP contribution in [0.5, 0.6) is 0 Å². The van der Waals surface area contributed by atoms with Gasteiger partial charge in [0.2, 0.25) is 5.91 Å².